The first kappa shape index (κ1) is 12.4. The predicted octanol–water partition coefficient (Wildman–Crippen LogP) is 3.49. The van der Waals surface area contributed by atoms with Gasteiger partial charge in [-0.1, -0.05) is 29.8 Å². The molecule has 1 heterocycles. The number of hydrogen-bond acceptors (Lipinski definition) is 3. The lowest BCUT2D eigenvalue weighted by Crippen LogP contribution is -2.03. The molecule has 0 bridgehead atoms. The van der Waals surface area contributed by atoms with Gasteiger partial charge in [-0.3, -0.25) is 4.98 Å². The summed E-state index contributed by atoms with van der Waals surface area (Å²) in [6.07, 6.45) is 1.77. The van der Waals surface area contributed by atoms with Crippen molar-refractivity contribution in [2.75, 3.05) is 0 Å². The van der Waals surface area contributed by atoms with Crippen LogP contribution in [0.25, 0.3) is 0 Å². The fourth-order valence-corrected chi connectivity index (χ4v) is 2.76. The maximum Gasteiger partial charge on any atom is 0.0579 e. The van der Waals surface area contributed by atoms with E-state index in [4.69, 9.17) is 17.3 Å². The van der Waals surface area contributed by atoms with Crippen LogP contribution in [-0.4, -0.2) is 4.98 Å². The van der Waals surface area contributed by atoms with Crippen LogP contribution >= 0.6 is 23.4 Å². The van der Waals surface area contributed by atoms with Crippen LogP contribution in [-0.2, 0) is 12.3 Å². The number of aromatic nitrogens is 1. The molecule has 88 valence electrons. The minimum Gasteiger partial charge on any atom is -0.325 e. The maximum absolute atomic E-state index is 6.10. The lowest BCUT2D eigenvalue weighted by atomic mass is 10.2. The lowest BCUT2D eigenvalue weighted by molar-refractivity contribution is 0.964. The van der Waals surface area contributed by atoms with Crippen LogP contribution in [0.3, 0.4) is 0 Å². The van der Waals surface area contributed by atoms with E-state index < -0.39 is 0 Å². The molecular weight excluding hydrogens is 252 g/mol. The highest BCUT2D eigenvalue weighted by molar-refractivity contribution is 7.98. The second-order valence-corrected chi connectivity index (χ2v) is 4.96. The van der Waals surface area contributed by atoms with Gasteiger partial charge in [-0.2, -0.15) is 0 Å². The minimum atomic E-state index is 0.471. The van der Waals surface area contributed by atoms with E-state index in [0.717, 1.165) is 21.4 Å². The van der Waals surface area contributed by atoms with Crippen LogP contribution < -0.4 is 5.73 Å². The Hall–Kier alpha value is -1.03. The summed E-state index contributed by atoms with van der Waals surface area (Å²) in [6.45, 7) is 0.471. The summed E-state index contributed by atoms with van der Waals surface area (Å²) in [5.74, 6) is 0.837. The number of nitrogens with two attached hydrogens (primary N) is 1. The molecule has 2 aromatic rings. The standard InChI is InChI=1S/C13H13ClN2S/c14-11-5-1-2-6-13(11)17-9-10-4-3-7-16-12(10)8-15/h1-7H,8-9,15H2. The predicted molar refractivity (Wildman–Crippen MR) is 73.1 cm³/mol. The molecule has 0 spiro atoms. The van der Waals surface area contributed by atoms with E-state index >= 15 is 0 Å². The Morgan fingerprint density at radius 3 is 2.76 bits per heavy atom. The van der Waals surface area contributed by atoms with Crippen molar-refractivity contribution in [1.29, 1.82) is 0 Å². The first-order chi connectivity index (χ1) is 8.31. The third kappa shape index (κ3) is 3.22. The van der Waals surface area contributed by atoms with E-state index in [9.17, 15) is 0 Å². The fourth-order valence-electron chi connectivity index (χ4n) is 1.50. The molecule has 1 aromatic heterocycles. The molecule has 0 aliphatic carbocycles. The smallest absolute Gasteiger partial charge is 0.0579 e. The van der Waals surface area contributed by atoms with Gasteiger partial charge in [0.25, 0.3) is 0 Å². The molecule has 17 heavy (non-hydrogen) atoms. The first-order valence-corrected chi connectivity index (χ1v) is 6.68. The normalized spacial score (nSPS) is 10.5. The number of halogens is 1. The molecule has 0 aliphatic rings. The number of benzene rings is 1. The summed E-state index contributed by atoms with van der Waals surface area (Å²) in [6, 6.07) is 11.8. The van der Waals surface area contributed by atoms with Gasteiger partial charge in [0.1, 0.15) is 0 Å². The third-order valence-electron chi connectivity index (χ3n) is 2.40. The molecule has 0 saturated heterocycles. The Morgan fingerprint density at radius 1 is 1.18 bits per heavy atom. The van der Waals surface area contributed by atoms with Gasteiger partial charge in [-0.05, 0) is 23.8 Å². The van der Waals surface area contributed by atoms with Crippen LogP contribution in [0.15, 0.2) is 47.5 Å². The molecule has 1 aromatic carbocycles. The monoisotopic (exact) mass is 264 g/mol. The maximum atomic E-state index is 6.10. The lowest BCUT2D eigenvalue weighted by Gasteiger charge is -2.07. The van der Waals surface area contributed by atoms with Crippen molar-refractivity contribution in [2.24, 2.45) is 5.73 Å². The van der Waals surface area contributed by atoms with Crippen molar-refractivity contribution >= 4 is 23.4 Å². The van der Waals surface area contributed by atoms with Crippen LogP contribution in [0.5, 0.6) is 0 Å². The second kappa shape index (κ2) is 6.05. The van der Waals surface area contributed by atoms with Gasteiger partial charge in [-0.15, -0.1) is 11.8 Å². The van der Waals surface area contributed by atoms with Crippen LogP contribution in [0.4, 0.5) is 0 Å². The Bertz CT molecular complexity index is 502. The van der Waals surface area contributed by atoms with Gasteiger partial charge in [-0.25, -0.2) is 0 Å². The van der Waals surface area contributed by atoms with Crippen molar-refractivity contribution in [3.63, 3.8) is 0 Å². The van der Waals surface area contributed by atoms with Gasteiger partial charge in [0.05, 0.1) is 10.7 Å². The second-order valence-electron chi connectivity index (χ2n) is 3.53. The molecule has 2 N–H and O–H groups in total. The van der Waals surface area contributed by atoms with Crippen LogP contribution in [0.1, 0.15) is 11.3 Å². The number of pyridine rings is 1. The van der Waals surface area contributed by atoms with Gasteiger partial charge < -0.3 is 5.73 Å². The van der Waals surface area contributed by atoms with E-state index in [-0.39, 0.29) is 0 Å². The number of hydrogen-bond donors (Lipinski definition) is 1. The largest absolute Gasteiger partial charge is 0.325 e. The summed E-state index contributed by atoms with van der Waals surface area (Å²) in [4.78, 5) is 5.34. The van der Waals surface area contributed by atoms with Gasteiger partial charge >= 0.3 is 0 Å². The minimum absolute atomic E-state index is 0.471. The molecular formula is C13H13ClN2S. The van der Waals surface area contributed by atoms with E-state index in [1.165, 1.54) is 5.56 Å². The van der Waals surface area contributed by atoms with E-state index in [1.54, 1.807) is 18.0 Å². The summed E-state index contributed by atoms with van der Waals surface area (Å²) in [5, 5.41) is 0.788. The fraction of sp³-hybridized carbons (Fsp3) is 0.154. The van der Waals surface area contributed by atoms with Crippen molar-refractivity contribution in [2.45, 2.75) is 17.2 Å². The van der Waals surface area contributed by atoms with E-state index in [0.29, 0.717) is 6.54 Å². The summed E-state index contributed by atoms with van der Waals surface area (Å²) in [5.41, 5.74) is 7.77. The molecule has 0 unspecified atom stereocenters. The zero-order valence-corrected chi connectivity index (χ0v) is 10.8. The number of rotatable bonds is 4. The summed E-state index contributed by atoms with van der Waals surface area (Å²) < 4.78 is 0. The molecule has 4 heteroatoms. The Morgan fingerprint density at radius 2 is 2.00 bits per heavy atom. The van der Waals surface area contributed by atoms with Gasteiger partial charge in [0.15, 0.2) is 0 Å². The van der Waals surface area contributed by atoms with Gasteiger partial charge in [0.2, 0.25) is 0 Å². The highest BCUT2D eigenvalue weighted by Gasteiger charge is 2.04. The van der Waals surface area contributed by atoms with Crippen molar-refractivity contribution < 1.29 is 0 Å². The molecule has 0 radical (unpaired) electrons. The summed E-state index contributed by atoms with van der Waals surface area (Å²) >= 11 is 7.81. The highest BCUT2D eigenvalue weighted by atomic mass is 35.5. The van der Waals surface area contributed by atoms with Crippen LogP contribution in [0, 0.1) is 0 Å². The third-order valence-corrected chi connectivity index (χ3v) is 3.96. The molecule has 0 amide bonds. The molecule has 2 nitrogen and oxygen atoms in total. The quantitative estimate of drug-likeness (QED) is 0.860. The average Bonchev–Trinajstić information content (AvgIpc) is 2.38. The van der Waals surface area contributed by atoms with Crippen molar-refractivity contribution in [1.82, 2.24) is 4.98 Å². The number of thioether (sulfide) groups is 1. The Labute approximate surface area is 110 Å². The summed E-state index contributed by atoms with van der Waals surface area (Å²) in [7, 11) is 0. The molecule has 0 aliphatic heterocycles. The topological polar surface area (TPSA) is 38.9 Å². The highest BCUT2D eigenvalue weighted by Crippen LogP contribution is 2.29. The zero-order valence-electron chi connectivity index (χ0n) is 9.27. The number of nitrogens with zero attached hydrogens (tertiary/aromatic N) is 1. The SMILES string of the molecule is NCc1ncccc1CSc1ccccc1Cl. The Balaban J connectivity index is 2.10. The molecule has 0 saturated carbocycles. The zero-order chi connectivity index (χ0) is 12.1. The van der Waals surface area contributed by atoms with Crippen molar-refractivity contribution in [3.05, 3.63) is 58.9 Å². The molecule has 0 atom stereocenters. The van der Waals surface area contributed by atoms with Crippen molar-refractivity contribution in [3.8, 4) is 0 Å². The first-order valence-electron chi connectivity index (χ1n) is 5.31. The molecule has 0 fully saturated rings. The van der Waals surface area contributed by atoms with E-state index in [2.05, 4.69) is 11.1 Å². The van der Waals surface area contributed by atoms with E-state index in [1.807, 2.05) is 30.3 Å². The van der Waals surface area contributed by atoms with Gasteiger partial charge in [0, 0.05) is 23.4 Å². The van der Waals surface area contributed by atoms with Crippen LogP contribution in [0.2, 0.25) is 5.02 Å². The molecule has 2 rings (SSSR count). The Kier molecular flexibility index (Phi) is 4.42. The average molecular weight is 265 g/mol.